The highest BCUT2D eigenvalue weighted by atomic mass is 79.9. The SMILES string of the molecule is Cc1ccc(Br)cc1-c1sc(C#N)c(N)c1C. The summed E-state index contributed by atoms with van der Waals surface area (Å²) in [5.74, 6) is 0. The van der Waals surface area contributed by atoms with Crippen LogP contribution in [0.15, 0.2) is 22.7 Å². The van der Waals surface area contributed by atoms with E-state index in [1.165, 1.54) is 16.9 Å². The summed E-state index contributed by atoms with van der Waals surface area (Å²) in [6.45, 7) is 4.02. The Labute approximate surface area is 113 Å². The maximum Gasteiger partial charge on any atom is 0.128 e. The molecule has 2 nitrogen and oxygen atoms in total. The van der Waals surface area contributed by atoms with E-state index in [9.17, 15) is 0 Å². The van der Waals surface area contributed by atoms with Crippen molar-refractivity contribution >= 4 is 33.0 Å². The van der Waals surface area contributed by atoms with Crippen molar-refractivity contribution in [2.45, 2.75) is 13.8 Å². The van der Waals surface area contributed by atoms with Gasteiger partial charge in [0.15, 0.2) is 0 Å². The molecule has 1 aromatic carbocycles. The average molecular weight is 307 g/mol. The quantitative estimate of drug-likeness (QED) is 0.856. The Hall–Kier alpha value is -1.31. The van der Waals surface area contributed by atoms with Gasteiger partial charge in [-0.05, 0) is 42.7 Å². The van der Waals surface area contributed by atoms with Crippen molar-refractivity contribution in [1.29, 1.82) is 5.26 Å². The minimum Gasteiger partial charge on any atom is -0.397 e. The fourth-order valence-electron chi connectivity index (χ4n) is 1.71. The molecule has 2 rings (SSSR count). The summed E-state index contributed by atoms with van der Waals surface area (Å²) in [5, 5.41) is 9.00. The summed E-state index contributed by atoms with van der Waals surface area (Å²) in [6.07, 6.45) is 0. The van der Waals surface area contributed by atoms with Crippen molar-refractivity contribution in [3.63, 3.8) is 0 Å². The highest BCUT2D eigenvalue weighted by Gasteiger charge is 2.15. The van der Waals surface area contributed by atoms with Gasteiger partial charge in [0.2, 0.25) is 0 Å². The molecule has 1 aromatic heterocycles. The van der Waals surface area contributed by atoms with Crippen LogP contribution in [-0.2, 0) is 0 Å². The van der Waals surface area contributed by atoms with E-state index in [1.807, 2.05) is 13.0 Å². The number of rotatable bonds is 1. The summed E-state index contributed by atoms with van der Waals surface area (Å²) >= 11 is 4.92. The molecule has 86 valence electrons. The molecule has 17 heavy (non-hydrogen) atoms. The second kappa shape index (κ2) is 4.52. The van der Waals surface area contributed by atoms with Crippen molar-refractivity contribution in [2.24, 2.45) is 0 Å². The number of benzene rings is 1. The molecular formula is C13H11BrN2S. The van der Waals surface area contributed by atoms with E-state index < -0.39 is 0 Å². The molecule has 0 saturated heterocycles. The highest BCUT2D eigenvalue weighted by Crippen LogP contribution is 2.39. The van der Waals surface area contributed by atoms with Crippen LogP contribution in [0, 0.1) is 25.2 Å². The van der Waals surface area contributed by atoms with E-state index >= 15 is 0 Å². The third kappa shape index (κ3) is 2.08. The predicted octanol–water partition coefficient (Wildman–Crippen LogP) is 4.25. The Morgan fingerprint density at radius 3 is 2.65 bits per heavy atom. The largest absolute Gasteiger partial charge is 0.397 e. The van der Waals surface area contributed by atoms with Gasteiger partial charge in [-0.1, -0.05) is 22.0 Å². The Kier molecular flexibility index (Phi) is 3.23. The third-order valence-electron chi connectivity index (χ3n) is 2.74. The van der Waals surface area contributed by atoms with E-state index in [0.717, 1.165) is 20.5 Å². The molecule has 0 spiro atoms. The molecule has 0 aliphatic carbocycles. The van der Waals surface area contributed by atoms with Gasteiger partial charge in [-0.2, -0.15) is 5.26 Å². The summed E-state index contributed by atoms with van der Waals surface area (Å²) < 4.78 is 1.03. The van der Waals surface area contributed by atoms with Gasteiger partial charge in [0, 0.05) is 9.35 Å². The van der Waals surface area contributed by atoms with Gasteiger partial charge in [-0.15, -0.1) is 11.3 Å². The average Bonchev–Trinajstić information content (AvgIpc) is 2.59. The maximum atomic E-state index is 9.00. The topological polar surface area (TPSA) is 49.8 Å². The molecule has 0 amide bonds. The number of nitriles is 1. The van der Waals surface area contributed by atoms with Gasteiger partial charge in [0.25, 0.3) is 0 Å². The van der Waals surface area contributed by atoms with E-state index in [-0.39, 0.29) is 0 Å². The lowest BCUT2D eigenvalue weighted by atomic mass is 10.0. The maximum absolute atomic E-state index is 9.00. The van der Waals surface area contributed by atoms with Crippen LogP contribution in [0.1, 0.15) is 16.0 Å². The summed E-state index contributed by atoms with van der Waals surface area (Å²) in [6, 6.07) is 8.27. The molecule has 0 unspecified atom stereocenters. The van der Waals surface area contributed by atoms with E-state index in [0.29, 0.717) is 10.6 Å². The van der Waals surface area contributed by atoms with E-state index in [1.54, 1.807) is 0 Å². The number of halogens is 1. The first-order valence-corrected chi connectivity index (χ1v) is 6.71. The second-order valence-electron chi connectivity index (χ2n) is 3.87. The zero-order valence-electron chi connectivity index (χ0n) is 9.54. The predicted molar refractivity (Wildman–Crippen MR) is 76.1 cm³/mol. The van der Waals surface area contributed by atoms with Crippen LogP contribution in [0.25, 0.3) is 10.4 Å². The van der Waals surface area contributed by atoms with Gasteiger partial charge in [-0.25, -0.2) is 0 Å². The van der Waals surface area contributed by atoms with Crippen LogP contribution in [0.2, 0.25) is 0 Å². The van der Waals surface area contributed by atoms with Crippen molar-refractivity contribution in [1.82, 2.24) is 0 Å². The number of nitrogen functional groups attached to an aromatic ring is 1. The molecule has 0 radical (unpaired) electrons. The molecule has 0 aliphatic rings. The fraction of sp³-hybridized carbons (Fsp3) is 0.154. The Morgan fingerprint density at radius 1 is 1.35 bits per heavy atom. The summed E-state index contributed by atoms with van der Waals surface area (Å²) in [4.78, 5) is 1.68. The van der Waals surface area contributed by atoms with Crippen LogP contribution >= 0.6 is 27.3 Å². The smallest absolute Gasteiger partial charge is 0.128 e. The van der Waals surface area contributed by atoms with Gasteiger partial charge >= 0.3 is 0 Å². The standard InChI is InChI=1S/C13H11BrN2S/c1-7-3-4-9(14)5-10(7)13-8(2)12(16)11(6-15)17-13/h3-5H,16H2,1-2H3. The lowest BCUT2D eigenvalue weighted by Crippen LogP contribution is -1.88. The number of hydrogen-bond donors (Lipinski definition) is 1. The highest BCUT2D eigenvalue weighted by molar-refractivity contribution is 9.10. The number of thiophene rings is 1. The molecule has 4 heteroatoms. The van der Waals surface area contributed by atoms with Gasteiger partial charge in [0.05, 0.1) is 5.69 Å². The Morgan fingerprint density at radius 2 is 2.06 bits per heavy atom. The van der Waals surface area contributed by atoms with Crippen molar-refractivity contribution in [2.75, 3.05) is 5.73 Å². The minimum absolute atomic E-state index is 0.594. The molecule has 0 saturated carbocycles. The van der Waals surface area contributed by atoms with Crippen LogP contribution in [0.4, 0.5) is 5.69 Å². The van der Waals surface area contributed by atoms with Gasteiger partial charge in [-0.3, -0.25) is 0 Å². The van der Waals surface area contributed by atoms with E-state index in [4.69, 9.17) is 11.0 Å². The van der Waals surface area contributed by atoms with Gasteiger partial charge in [0.1, 0.15) is 10.9 Å². The molecule has 1 heterocycles. The Bertz CT molecular complexity index is 623. The number of nitrogens with two attached hydrogens (primary N) is 1. The van der Waals surface area contributed by atoms with Crippen LogP contribution in [0.3, 0.4) is 0 Å². The lowest BCUT2D eigenvalue weighted by molar-refractivity contribution is 1.44. The number of nitrogens with zero attached hydrogens (tertiary/aromatic N) is 1. The molecule has 2 aromatic rings. The number of hydrogen-bond acceptors (Lipinski definition) is 3. The third-order valence-corrected chi connectivity index (χ3v) is 4.48. The normalized spacial score (nSPS) is 10.2. The molecule has 2 N–H and O–H groups in total. The monoisotopic (exact) mass is 306 g/mol. The van der Waals surface area contributed by atoms with Crippen LogP contribution < -0.4 is 5.73 Å². The molecule has 0 fully saturated rings. The first-order chi connectivity index (χ1) is 8.04. The van der Waals surface area contributed by atoms with Crippen LogP contribution in [-0.4, -0.2) is 0 Å². The summed E-state index contributed by atoms with van der Waals surface area (Å²) in [7, 11) is 0. The summed E-state index contributed by atoms with van der Waals surface area (Å²) in [5.41, 5.74) is 9.83. The number of anilines is 1. The molecule has 0 atom stereocenters. The van der Waals surface area contributed by atoms with Crippen molar-refractivity contribution in [3.8, 4) is 16.5 Å². The second-order valence-corrected chi connectivity index (χ2v) is 5.81. The lowest BCUT2D eigenvalue weighted by Gasteiger charge is -2.05. The first-order valence-electron chi connectivity index (χ1n) is 5.10. The molecule has 0 bridgehead atoms. The van der Waals surface area contributed by atoms with Crippen molar-refractivity contribution < 1.29 is 0 Å². The first kappa shape index (κ1) is 12.2. The zero-order chi connectivity index (χ0) is 12.6. The van der Waals surface area contributed by atoms with Gasteiger partial charge < -0.3 is 5.73 Å². The molecular weight excluding hydrogens is 296 g/mol. The molecule has 0 aliphatic heterocycles. The minimum atomic E-state index is 0.594. The fourth-order valence-corrected chi connectivity index (χ4v) is 3.17. The van der Waals surface area contributed by atoms with Crippen LogP contribution in [0.5, 0.6) is 0 Å². The zero-order valence-corrected chi connectivity index (χ0v) is 11.9. The van der Waals surface area contributed by atoms with E-state index in [2.05, 4.69) is 41.1 Å². The Balaban J connectivity index is 2.69. The number of aryl methyl sites for hydroxylation is 1. The van der Waals surface area contributed by atoms with Crippen molar-refractivity contribution in [3.05, 3.63) is 38.7 Å².